The average Bonchev–Trinajstić information content (AvgIpc) is 2.85. The molecule has 0 aromatic carbocycles. The van der Waals surface area contributed by atoms with Crippen molar-refractivity contribution in [3.8, 4) is 6.07 Å². The number of nitrogens with one attached hydrogen (secondary N) is 2. The summed E-state index contributed by atoms with van der Waals surface area (Å²) in [5.41, 5.74) is 0. The summed E-state index contributed by atoms with van der Waals surface area (Å²) < 4.78 is 26.6. The van der Waals surface area contributed by atoms with Crippen LogP contribution >= 0.6 is 11.3 Å². The molecular formula is C9H11N3O2S2. The van der Waals surface area contributed by atoms with Crippen molar-refractivity contribution < 1.29 is 8.42 Å². The van der Waals surface area contributed by atoms with E-state index in [0.717, 1.165) is 24.3 Å². The molecule has 2 heterocycles. The number of sulfonamides is 1. The van der Waals surface area contributed by atoms with Crippen LogP contribution in [0.15, 0.2) is 16.3 Å². The highest BCUT2D eigenvalue weighted by Crippen LogP contribution is 2.21. The molecule has 7 heteroatoms. The second-order valence-electron chi connectivity index (χ2n) is 3.54. The van der Waals surface area contributed by atoms with Crippen LogP contribution in [-0.4, -0.2) is 27.5 Å². The first-order valence-electron chi connectivity index (χ1n) is 4.85. The lowest BCUT2D eigenvalue weighted by molar-refractivity contribution is 0.562. The van der Waals surface area contributed by atoms with Crippen molar-refractivity contribution in [2.45, 2.75) is 16.7 Å². The Morgan fingerprint density at radius 1 is 1.56 bits per heavy atom. The number of hydrogen-bond acceptors (Lipinski definition) is 5. The minimum atomic E-state index is -3.46. The summed E-state index contributed by atoms with van der Waals surface area (Å²) in [6.45, 7) is 1.50. The Labute approximate surface area is 98.1 Å². The average molecular weight is 257 g/mol. The van der Waals surface area contributed by atoms with Gasteiger partial charge in [-0.25, -0.2) is 13.1 Å². The van der Waals surface area contributed by atoms with E-state index < -0.39 is 10.0 Å². The summed E-state index contributed by atoms with van der Waals surface area (Å²) in [5, 5.41) is 11.7. The van der Waals surface area contributed by atoms with E-state index in [9.17, 15) is 8.42 Å². The molecule has 1 unspecified atom stereocenters. The summed E-state index contributed by atoms with van der Waals surface area (Å²) >= 11 is 0.991. The van der Waals surface area contributed by atoms with E-state index in [2.05, 4.69) is 10.0 Å². The van der Waals surface area contributed by atoms with Crippen LogP contribution in [0.2, 0.25) is 0 Å². The molecule has 1 atom stereocenters. The van der Waals surface area contributed by atoms with E-state index in [1.165, 1.54) is 12.1 Å². The summed E-state index contributed by atoms with van der Waals surface area (Å²) in [4.78, 5) is 0.407. The van der Waals surface area contributed by atoms with Crippen LogP contribution in [0.5, 0.6) is 0 Å². The zero-order chi connectivity index (χ0) is 11.6. The third kappa shape index (κ3) is 2.41. The van der Waals surface area contributed by atoms with Gasteiger partial charge in [0.25, 0.3) is 0 Å². The molecule has 0 saturated carbocycles. The van der Waals surface area contributed by atoms with Gasteiger partial charge in [-0.05, 0) is 25.1 Å². The Hall–Kier alpha value is -0.940. The molecule has 0 spiro atoms. The molecule has 5 nitrogen and oxygen atoms in total. The Bertz CT molecular complexity index is 509. The number of hydrogen-bond donors (Lipinski definition) is 2. The molecular weight excluding hydrogens is 246 g/mol. The van der Waals surface area contributed by atoms with Gasteiger partial charge in [0.15, 0.2) is 0 Å². The molecule has 0 amide bonds. The van der Waals surface area contributed by atoms with Crippen LogP contribution in [0.4, 0.5) is 0 Å². The summed E-state index contributed by atoms with van der Waals surface area (Å²) in [7, 11) is -3.46. The number of nitrogens with zero attached hydrogens (tertiary/aromatic N) is 1. The Morgan fingerprint density at radius 3 is 2.94 bits per heavy atom. The topological polar surface area (TPSA) is 82.0 Å². The Kier molecular flexibility index (Phi) is 3.25. The highest BCUT2D eigenvalue weighted by atomic mass is 32.2. The fourth-order valence-corrected chi connectivity index (χ4v) is 3.95. The third-order valence-corrected chi connectivity index (χ3v) is 5.34. The normalized spacial score (nSPS) is 20.8. The van der Waals surface area contributed by atoms with Crippen molar-refractivity contribution >= 4 is 21.4 Å². The van der Waals surface area contributed by atoms with E-state index in [1.807, 2.05) is 6.07 Å². The van der Waals surface area contributed by atoms with Gasteiger partial charge in [0.2, 0.25) is 10.0 Å². The van der Waals surface area contributed by atoms with E-state index in [-0.39, 0.29) is 10.3 Å². The molecule has 0 radical (unpaired) electrons. The zero-order valence-corrected chi connectivity index (χ0v) is 10.1. The van der Waals surface area contributed by atoms with Gasteiger partial charge < -0.3 is 5.32 Å². The van der Waals surface area contributed by atoms with Crippen molar-refractivity contribution in [1.29, 1.82) is 5.26 Å². The minimum Gasteiger partial charge on any atom is -0.315 e. The minimum absolute atomic E-state index is 0.0439. The number of thiophene rings is 1. The first-order chi connectivity index (χ1) is 7.62. The first kappa shape index (κ1) is 11.5. The molecule has 1 fully saturated rings. The molecule has 1 aromatic heterocycles. The van der Waals surface area contributed by atoms with E-state index in [4.69, 9.17) is 5.26 Å². The van der Waals surface area contributed by atoms with Crippen LogP contribution in [-0.2, 0) is 10.0 Å². The summed E-state index contributed by atoms with van der Waals surface area (Å²) in [6.07, 6.45) is 0.801. The third-order valence-electron chi connectivity index (χ3n) is 2.34. The standard InChI is InChI=1S/C9H11N3O2S2/c10-5-8-1-2-9(15-8)16(13,14)12-7-3-4-11-6-7/h1-2,7,11-12H,3-4,6H2. The SMILES string of the molecule is N#Cc1ccc(S(=O)(=O)NC2CCNC2)s1. The molecule has 86 valence electrons. The van der Waals surface area contributed by atoms with E-state index in [0.29, 0.717) is 11.4 Å². The summed E-state index contributed by atoms with van der Waals surface area (Å²) in [5.74, 6) is 0. The monoisotopic (exact) mass is 257 g/mol. The van der Waals surface area contributed by atoms with Crippen LogP contribution < -0.4 is 10.0 Å². The Morgan fingerprint density at radius 2 is 2.38 bits per heavy atom. The van der Waals surface area contributed by atoms with Crippen molar-refractivity contribution in [2.24, 2.45) is 0 Å². The molecule has 16 heavy (non-hydrogen) atoms. The van der Waals surface area contributed by atoms with Crippen LogP contribution in [0.1, 0.15) is 11.3 Å². The predicted molar refractivity (Wildman–Crippen MR) is 60.6 cm³/mol. The lowest BCUT2D eigenvalue weighted by Crippen LogP contribution is -2.35. The maximum atomic E-state index is 11.9. The fourth-order valence-electron chi connectivity index (χ4n) is 1.56. The van der Waals surface area contributed by atoms with Crippen LogP contribution in [0.25, 0.3) is 0 Å². The van der Waals surface area contributed by atoms with Gasteiger partial charge >= 0.3 is 0 Å². The van der Waals surface area contributed by atoms with Gasteiger partial charge in [-0.15, -0.1) is 11.3 Å². The van der Waals surface area contributed by atoms with Crippen molar-refractivity contribution in [3.63, 3.8) is 0 Å². The molecule has 1 aliphatic heterocycles. The molecule has 0 aliphatic carbocycles. The zero-order valence-electron chi connectivity index (χ0n) is 8.43. The number of rotatable bonds is 3. The second kappa shape index (κ2) is 4.51. The summed E-state index contributed by atoms with van der Waals surface area (Å²) in [6, 6.07) is 4.87. The molecule has 2 rings (SSSR count). The maximum Gasteiger partial charge on any atom is 0.250 e. The molecule has 1 aliphatic rings. The highest BCUT2D eigenvalue weighted by Gasteiger charge is 2.23. The fraction of sp³-hybridized carbons (Fsp3) is 0.444. The smallest absolute Gasteiger partial charge is 0.250 e. The lowest BCUT2D eigenvalue weighted by atomic mass is 10.3. The van der Waals surface area contributed by atoms with Crippen LogP contribution in [0, 0.1) is 11.3 Å². The van der Waals surface area contributed by atoms with E-state index >= 15 is 0 Å². The van der Waals surface area contributed by atoms with Gasteiger partial charge in [-0.3, -0.25) is 0 Å². The first-order valence-corrected chi connectivity index (χ1v) is 7.15. The maximum absolute atomic E-state index is 11.9. The van der Waals surface area contributed by atoms with Gasteiger partial charge in [0.05, 0.1) is 0 Å². The van der Waals surface area contributed by atoms with Crippen molar-refractivity contribution in [3.05, 3.63) is 17.0 Å². The Balaban J connectivity index is 2.15. The molecule has 1 aromatic rings. The van der Waals surface area contributed by atoms with Crippen molar-refractivity contribution in [1.82, 2.24) is 10.0 Å². The van der Waals surface area contributed by atoms with E-state index in [1.54, 1.807) is 0 Å². The largest absolute Gasteiger partial charge is 0.315 e. The predicted octanol–water partition coefficient (Wildman–Crippen LogP) is 0.260. The lowest BCUT2D eigenvalue weighted by Gasteiger charge is -2.09. The molecule has 2 N–H and O–H groups in total. The number of nitriles is 1. The molecule has 1 saturated heterocycles. The van der Waals surface area contributed by atoms with Gasteiger partial charge in [-0.2, -0.15) is 5.26 Å². The van der Waals surface area contributed by atoms with Crippen molar-refractivity contribution in [2.75, 3.05) is 13.1 Å². The van der Waals surface area contributed by atoms with Crippen LogP contribution in [0.3, 0.4) is 0 Å². The van der Waals surface area contributed by atoms with Gasteiger partial charge in [-0.1, -0.05) is 0 Å². The molecule has 0 bridgehead atoms. The highest BCUT2D eigenvalue weighted by molar-refractivity contribution is 7.91. The second-order valence-corrected chi connectivity index (χ2v) is 6.57. The quantitative estimate of drug-likeness (QED) is 0.814. The van der Waals surface area contributed by atoms with Gasteiger partial charge in [0.1, 0.15) is 15.2 Å². The van der Waals surface area contributed by atoms with Gasteiger partial charge in [0, 0.05) is 12.6 Å².